The van der Waals surface area contributed by atoms with Crippen LogP contribution in [0.15, 0.2) is 28.7 Å². The summed E-state index contributed by atoms with van der Waals surface area (Å²) in [5.41, 5.74) is 0.922. The first-order chi connectivity index (χ1) is 5.34. The monoisotopic (exact) mass is 204 g/mol. The Labute approximate surface area is 74.8 Å². The molecule has 0 aliphatic heterocycles. The zero-order valence-corrected chi connectivity index (χ0v) is 7.35. The fraction of sp³-hybridized carbons (Fsp3) is 0. The van der Waals surface area contributed by atoms with Crippen molar-refractivity contribution in [1.29, 1.82) is 0 Å². The molecule has 0 unspecified atom stereocenters. The van der Waals surface area contributed by atoms with Crippen LogP contribution in [-0.4, -0.2) is 0 Å². The molecule has 52 valence electrons. The Morgan fingerprint density at radius 2 is 2.00 bits per heavy atom. The van der Waals surface area contributed by atoms with Crippen molar-refractivity contribution in [2.24, 2.45) is 0 Å². The average molecular weight is 205 g/mol. The van der Waals surface area contributed by atoms with Crippen molar-refractivity contribution in [2.45, 2.75) is 0 Å². The standard InChI is InChI=1S/C10H5Br/c1-2-3-6-9-7-4-5-8-10(9)11/h1,4-5,7-8H. The normalized spacial score (nSPS) is 7.64. The highest BCUT2D eigenvalue weighted by molar-refractivity contribution is 9.10. The minimum atomic E-state index is 0.922. The van der Waals surface area contributed by atoms with Crippen molar-refractivity contribution in [3.05, 3.63) is 34.3 Å². The van der Waals surface area contributed by atoms with Crippen LogP contribution >= 0.6 is 15.9 Å². The maximum Gasteiger partial charge on any atom is 0.0397 e. The highest BCUT2D eigenvalue weighted by Crippen LogP contribution is 2.13. The second kappa shape index (κ2) is 3.86. The first kappa shape index (κ1) is 7.92. The fourth-order valence-corrected chi connectivity index (χ4v) is 1.05. The highest BCUT2D eigenvalue weighted by Gasteiger charge is 1.90. The number of halogens is 1. The minimum absolute atomic E-state index is 0.922. The van der Waals surface area contributed by atoms with Crippen molar-refractivity contribution >= 4 is 15.9 Å². The summed E-state index contributed by atoms with van der Waals surface area (Å²) in [6.07, 6.45) is 4.99. The van der Waals surface area contributed by atoms with Gasteiger partial charge in [0.05, 0.1) is 0 Å². The van der Waals surface area contributed by atoms with Gasteiger partial charge in [0.1, 0.15) is 0 Å². The molecule has 1 rings (SSSR count). The van der Waals surface area contributed by atoms with E-state index >= 15 is 0 Å². The third-order valence-electron chi connectivity index (χ3n) is 1.14. The van der Waals surface area contributed by atoms with Gasteiger partial charge in [0, 0.05) is 10.0 Å². The first-order valence-electron chi connectivity index (χ1n) is 3.06. The van der Waals surface area contributed by atoms with Crippen LogP contribution < -0.4 is 0 Å². The SMILES string of the molecule is C#CC#Cc1ccccc1Br. The molecular weight excluding hydrogens is 200 g/mol. The van der Waals surface area contributed by atoms with Crippen LogP contribution in [0.3, 0.4) is 0 Å². The molecule has 1 aromatic carbocycles. The van der Waals surface area contributed by atoms with E-state index in [1.807, 2.05) is 24.3 Å². The molecule has 0 aliphatic rings. The molecule has 11 heavy (non-hydrogen) atoms. The smallest absolute Gasteiger partial charge is 0.0397 e. The lowest BCUT2D eigenvalue weighted by Gasteiger charge is -1.91. The number of hydrogen-bond acceptors (Lipinski definition) is 0. The summed E-state index contributed by atoms with van der Waals surface area (Å²) in [5, 5.41) is 0. The number of rotatable bonds is 0. The first-order valence-corrected chi connectivity index (χ1v) is 3.85. The van der Waals surface area contributed by atoms with E-state index in [1.54, 1.807) is 0 Å². The van der Waals surface area contributed by atoms with E-state index in [1.165, 1.54) is 0 Å². The predicted octanol–water partition coefficient (Wildman–Crippen LogP) is 2.43. The van der Waals surface area contributed by atoms with E-state index in [2.05, 4.69) is 33.7 Å². The lowest BCUT2D eigenvalue weighted by molar-refractivity contribution is 1.59. The molecule has 0 bridgehead atoms. The highest BCUT2D eigenvalue weighted by atomic mass is 79.9. The lowest BCUT2D eigenvalue weighted by Crippen LogP contribution is -1.73. The number of benzene rings is 1. The van der Waals surface area contributed by atoms with Crippen LogP contribution in [-0.2, 0) is 0 Å². The second-order valence-corrected chi connectivity index (χ2v) is 2.73. The van der Waals surface area contributed by atoms with Gasteiger partial charge < -0.3 is 0 Å². The van der Waals surface area contributed by atoms with Crippen LogP contribution in [0.1, 0.15) is 5.56 Å². The molecular formula is C10H5Br. The molecule has 0 atom stereocenters. The quantitative estimate of drug-likeness (QED) is 0.570. The van der Waals surface area contributed by atoms with Gasteiger partial charge in [-0.25, -0.2) is 0 Å². The summed E-state index contributed by atoms with van der Waals surface area (Å²) in [4.78, 5) is 0. The number of hydrogen-bond donors (Lipinski definition) is 0. The van der Waals surface area contributed by atoms with Crippen LogP contribution in [0.5, 0.6) is 0 Å². The molecule has 1 aromatic rings. The Hall–Kier alpha value is -1.18. The van der Waals surface area contributed by atoms with E-state index in [0.29, 0.717) is 0 Å². The molecule has 0 aliphatic carbocycles. The molecule has 0 saturated heterocycles. The van der Waals surface area contributed by atoms with Gasteiger partial charge in [0.15, 0.2) is 0 Å². The van der Waals surface area contributed by atoms with Gasteiger partial charge in [-0.2, -0.15) is 0 Å². The molecule has 0 aromatic heterocycles. The van der Waals surface area contributed by atoms with Gasteiger partial charge in [-0.05, 0) is 39.9 Å². The molecule has 0 heterocycles. The van der Waals surface area contributed by atoms with E-state index in [-0.39, 0.29) is 0 Å². The topological polar surface area (TPSA) is 0 Å². The zero-order valence-electron chi connectivity index (χ0n) is 5.76. The summed E-state index contributed by atoms with van der Waals surface area (Å²) < 4.78 is 0.975. The van der Waals surface area contributed by atoms with Gasteiger partial charge in [-0.1, -0.05) is 18.1 Å². The van der Waals surface area contributed by atoms with Gasteiger partial charge in [0.2, 0.25) is 0 Å². The van der Waals surface area contributed by atoms with Gasteiger partial charge >= 0.3 is 0 Å². The van der Waals surface area contributed by atoms with Gasteiger partial charge in [-0.3, -0.25) is 0 Å². The Morgan fingerprint density at radius 1 is 1.27 bits per heavy atom. The summed E-state index contributed by atoms with van der Waals surface area (Å²) in [6.45, 7) is 0. The molecule has 0 N–H and O–H groups in total. The molecule has 0 fully saturated rings. The van der Waals surface area contributed by atoms with Crippen LogP contribution in [0.25, 0.3) is 0 Å². The summed E-state index contributed by atoms with van der Waals surface area (Å²) in [5.74, 6) is 7.64. The molecule has 0 radical (unpaired) electrons. The second-order valence-electron chi connectivity index (χ2n) is 1.87. The van der Waals surface area contributed by atoms with Crippen molar-refractivity contribution < 1.29 is 0 Å². The zero-order chi connectivity index (χ0) is 8.10. The Morgan fingerprint density at radius 3 is 2.64 bits per heavy atom. The van der Waals surface area contributed by atoms with Gasteiger partial charge in [0.25, 0.3) is 0 Å². The van der Waals surface area contributed by atoms with E-state index < -0.39 is 0 Å². The number of terminal acetylenes is 1. The molecule has 1 heteroatoms. The third kappa shape index (κ3) is 2.15. The maximum absolute atomic E-state index is 4.99. The Kier molecular flexibility index (Phi) is 2.78. The fourth-order valence-electron chi connectivity index (χ4n) is 0.666. The molecule has 0 saturated carbocycles. The Balaban J connectivity index is 3.07. The average Bonchev–Trinajstić information content (AvgIpc) is 2.03. The van der Waals surface area contributed by atoms with Crippen molar-refractivity contribution in [3.8, 4) is 24.2 Å². The van der Waals surface area contributed by atoms with Crippen molar-refractivity contribution in [3.63, 3.8) is 0 Å². The van der Waals surface area contributed by atoms with Crippen LogP contribution in [0.2, 0.25) is 0 Å². The van der Waals surface area contributed by atoms with Gasteiger partial charge in [-0.15, -0.1) is 6.42 Å². The van der Waals surface area contributed by atoms with Crippen LogP contribution in [0.4, 0.5) is 0 Å². The maximum atomic E-state index is 4.99. The molecule has 0 spiro atoms. The summed E-state index contributed by atoms with van der Waals surface area (Å²) in [6, 6.07) is 7.70. The molecule has 0 nitrogen and oxygen atoms in total. The van der Waals surface area contributed by atoms with Crippen molar-refractivity contribution in [1.82, 2.24) is 0 Å². The van der Waals surface area contributed by atoms with Crippen molar-refractivity contribution in [2.75, 3.05) is 0 Å². The third-order valence-corrected chi connectivity index (χ3v) is 1.83. The van der Waals surface area contributed by atoms with E-state index in [4.69, 9.17) is 6.42 Å². The van der Waals surface area contributed by atoms with E-state index in [9.17, 15) is 0 Å². The largest absolute Gasteiger partial charge is 0.106 e. The lowest BCUT2D eigenvalue weighted by atomic mass is 10.2. The Bertz CT molecular complexity index is 347. The van der Waals surface area contributed by atoms with E-state index in [0.717, 1.165) is 10.0 Å². The summed E-state index contributed by atoms with van der Waals surface area (Å²) >= 11 is 3.36. The summed E-state index contributed by atoms with van der Waals surface area (Å²) in [7, 11) is 0. The molecule has 0 amide bonds. The minimum Gasteiger partial charge on any atom is -0.106 e. The predicted molar refractivity (Wildman–Crippen MR) is 49.9 cm³/mol. The van der Waals surface area contributed by atoms with Crippen LogP contribution in [0, 0.1) is 24.2 Å².